The van der Waals surface area contributed by atoms with Gasteiger partial charge in [0, 0.05) is 33.3 Å². The Kier molecular flexibility index (Phi) is 20.3. The molecular formula is C45H49I2N3O10. The maximum atomic E-state index is 13.5. The highest BCUT2D eigenvalue weighted by Crippen LogP contribution is 2.16. The van der Waals surface area contributed by atoms with Gasteiger partial charge in [-0.2, -0.15) is 0 Å². The zero-order valence-corrected chi connectivity index (χ0v) is 37.7. The van der Waals surface area contributed by atoms with Crippen molar-refractivity contribution in [3.05, 3.63) is 139 Å². The van der Waals surface area contributed by atoms with Crippen molar-refractivity contribution < 1.29 is 47.7 Å². The third kappa shape index (κ3) is 17.3. The van der Waals surface area contributed by atoms with Crippen LogP contribution in [-0.2, 0) is 68.6 Å². The van der Waals surface area contributed by atoms with Crippen molar-refractivity contribution in [2.45, 2.75) is 64.1 Å². The van der Waals surface area contributed by atoms with Gasteiger partial charge in [0.15, 0.2) is 0 Å². The molecule has 4 aromatic rings. The molecular weight excluding hydrogens is 996 g/mol. The van der Waals surface area contributed by atoms with Crippen LogP contribution in [0.3, 0.4) is 0 Å². The minimum atomic E-state index is -1.20. The molecule has 0 aliphatic heterocycles. The second-order valence-corrected chi connectivity index (χ2v) is 16.3. The fourth-order valence-corrected chi connectivity index (χ4v) is 6.75. The summed E-state index contributed by atoms with van der Waals surface area (Å²) in [6.07, 6.45) is 1.42. The van der Waals surface area contributed by atoms with E-state index in [1.165, 1.54) is 6.92 Å². The van der Waals surface area contributed by atoms with Crippen LogP contribution in [-0.4, -0.2) is 80.4 Å². The van der Waals surface area contributed by atoms with Gasteiger partial charge in [-0.15, -0.1) is 0 Å². The Labute approximate surface area is 377 Å². The van der Waals surface area contributed by atoms with Gasteiger partial charge < -0.3 is 34.9 Å². The lowest BCUT2D eigenvalue weighted by molar-refractivity contribution is -0.156. The maximum absolute atomic E-state index is 13.5. The first kappa shape index (κ1) is 47.6. The zero-order valence-electron chi connectivity index (χ0n) is 33.4. The highest BCUT2D eigenvalue weighted by Gasteiger charge is 2.28. The van der Waals surface area contributed by atoms with Gasteiger partial charge in [-0.1, -0.05) is 91.9 Å². The molecule has 0 fully saturated rings. The lowest BCUT2D eigenvalue weighted by Gasteiger charge is -2.22. The van der Waals surface area contributed by atoms with E-state index in [2.05, 4.69) is 61.1 Å². The fourth-order valence-electron chi connectivity index (χ4n) is 6.03. The Balaban J connectivity index is 1.35. The van der Waals surface area contributed by atoms with E-state index in [1.54, 1.807) is 24.3 Å². The second kappa shape index (κ2) is 25.6. The molecule has 13 nitrogen and oxygen atoms in total. The Morgan fingerprint density at radius 2 is 0.800 bits per heavy atom. The summed E-state index contributed by atoms with van der Waals surface area (Å²) in [7, 11) is 0. The van der Waals surface area contributed by atoms with Gasteiger partial charge in [-0.25, -0.2) is 19.2 Å². The zero-order chi connectivity index (χ0) is 43.3. The van der Waals surface area contributed by atoms with Crippen molar-refractivity contribution in [3.63, 3.8) is 0 Å². The number of urea groups is 1. The number of ether oxygens (including phenoxy) is 4. The number of hydrogen-bond acceptors (Lipinski definition) is 10. The summed E-state index contributed by atoms with van der Waals surface area (Å²) in [5, 5.41) is 7.86. The number of rotatable bonds is 22. The lowest BCUT2D eigenvalue weighted by atomic mass is 9.97. The first-order valence-electron chi connectivity index (χ1n) is 19.5. The SMILES string of the molecule is CCC(Cc1ccc(I)cc1)C(=O)OCCOC(=O)C(Cc1ccc(I)cc1)NC(=O)NC(Cc1ccccc1)C(=O)OCCOC(=O)C(Cc1ccccc1)NC(C)=O. The number of amides is 3. The van der Waals surface area contributed by atoms with Crippen LogP contribution in [0, 0.1) is 13.1 Å². The summed E-state index contributed by atoms with van der Waals surface area (Å²) in [6, 6.07) is 29.2. The summed E-state index contributed by atoms with van der Waals surface area (Å²) in [5.74, 6) is -3.43. The topological polar surface area (TPSA) is 175 Å². The van der Waals surface area contributed by atoms with Crippen molar-refractivity contribution in [3.8, 4) is 0 Å². The van der Waals surface area contributed by atoms with Crippen molar-refractivity contribution in [2.75, 3.05) is 26.4 Å². The van der Waals surface area contributed by atoms with Crippen LogP contribution in [0.1, 0.15) is 42.5 Å². The summed E-state index contributed by atoms with van der Waals surface area (Å²) in [6.45, 7) is 2.18. The Hall–Kier alpha value is -5.04. The third-order valence-electron chi connectivity index (χ3n) is 9.13. The van der Waals surface area contributed by atoms with Crippen molar-refractivity contribution in [1.82, 2.24) is 16.0 Å². The van der Waals surface area contributed by atoms with Crippen LogP contribution >= 0.6 is 45.2 Å². The van der Waals surface area contributed by atoms with Gasteiger partial charge in [0.25, 0.3) is 0 Å². The highest BCUT2D eigenvalue weighted by atomic mass is 127. The molecule has 0 aromatic heterocycles. The molecule has 0 radical (unpaired) electrons. The van der Waals surface area contributed by atoms with Gasteiger partial charge in [-0.3, -0.25) is 9.59 Å². The molecule has 4 aromatic carbocycles. The number of esters is 4. The van der Waals surface area contributed by atoms with Crippen LogP contribution in [0.4, 0.5) is 4.79 Å². The van der Waals surface area contributed by atoms with Crippen LogP contribution in [0.2, 0.25) is 0 Å². The van der Waals surface area contributed by atoms with Crippen LogP contribution in [0.25, 0.3) is 0 Å². The largest absolute Gasteiger partial charge is 0.462 e. The van der Waals surface area contributed by atoms with E-state index in [0.717, 1.165) is 29.4 Å². The van der Waals surface area contributed by atoms with E-state index in [1.807, 2.05) is 91.9 Å². The van der Waals surface area contributed by atoms with Gasteiger partial charge >= 0.3 is 29.9 Å². The number of nitrogens with one attached hydrogen (secondary N) is 3. The molecule has 0 spiro atoms. The number of benzene rings is 4. The third-order valence-corrected chi connectivity index (χ3v) is 10.6. The summed E-state index contributed by atoms with van der Waals surface area (Å²) in [5.41, 5.74) is 3.29. The van der Waals surface area contributed by atoms with Gasteiger partial charge in [0.2, 0.25) is 5.91 Å². The lowest BCUT2D eigenvalue weighted by Crippen LogP contribution is -2.53. The number of carbonyl (C=O) groups excluding carboxylic acids is 6. The molecule has 15 heteroatoms. The second-order valence-electron chi connectivity index (χ2n) is 13.8. The van der Waals surface area contributed by atoms with Gasteiger partial charge in [-0.05, 0) is 105 Å². The molecule has 0 saturated heterocycles. The molecule has 318 valence electrons. The van der Waals surface area contributed by atoms with E-state index in [9.17, 15) is 28.8 Å². The van der Waals surface area contributed by atoms with Gasteiger partial charge in [0.1, 0.15) is 44.6 Å². The van der Waals surface area contributed by atoms with Crippen LogP contribution < -0.4 is 16.0 Å². The minimum Gasteiger partial charge on any atom is -0.462 e. The summed E-state index contributed by atoms with van der Waals surface area (Å²) >= 11 is 4.39. The first-order chi connectivity index (χ1) is 28.9. The van der Waals surface area contributed by atoms with E-state index in [0.29, 0.717) is 12.8 Å². The molecule has 4 unspecified atom stereocenters. The Bertz CT molecular complexity index is 2000. The summed E-state index contributed by atoms with van der Waals surface area (Å²) in [4.78, 5) is 77.9. The Morgan fingerprint density at radius 3 is 1.17 bits per heavy atom. The number of halogens is 2. The molecule has 60 heavy (non-hydrogen) atoms. The van der Waals surface area contributed by atoms with Crippen molar-refractivity contribution in [1.29, 1.82) is 0 Å². The molecule has 3 amide bonds. The smallest absolute Gasteiger partial charge is 0.329 e. The molecule has 0 aliphatic rings. The van der Waals surface area contributed by atoms with Crippen molar-refractivity contribution >= 4 is 81.0 Å². The highest BCUT2D eigenvalue weighted by molar-refractivity contribution is 14.1. The monoisotopic (exact) mass is 1050 g/mol. The molecule has 0 aliphatic carbocycles. The predicted octanol–water partition coefficient (Wildman–Crippen LogP) is 5.91. The molecule has 0 heterocycles. The van der Waals surface area contributed by atoms with E-state index in [-0.39, 0.29) is 51.6 Å². The summed E-state index contributed by atoms with van der Waals surface area (Å²) < 4.78 is 23.8. The first-order valence-corrected chi connectivity index (χ1v) is 21.6. The average molecular weight is 1050 g/mol. The normalized spacial score (nSPS) is 12.7. The quantitative estimate of drug-likeness (QED) is 0.0372. The van der Waals surface area contributed by atoms with E-state index in [4.69, 9.17) is 18.9 Å². The standard InChI is InChI=1S/C45H49I2N3O10/c1-3-35(26-33-14-18-36(46)19-15-33)41(52)57-22-23-59-44(55)40(29-34-16-20-37(47)21-17-34)50-45(56)49-39(28-32-12-8-5-9-13-32)43(54)60-25-24-58-42(53)38(48-30(2)51)27-31-10-6-4-7-11-31/h4-21,35,38-40H,3,22-29H2,1-2H3,(H,48,51)(H2,49,50,56). The predicted molar refractivity (Wildman–Crippen MR) is 240 cm³/mol. The number of carbonyl (C=O) groups is 6. The molecule has 4 atom stereocenters. The van der Waals surface area contributed by atoms with Crippen LogP contribution in [0.5, 0.6) is 0 Å². The van der Waals surface area contributed by atoms with Crippen molar-refractivity contribution in [2.24, 2.45) is 5.92 Å². The number of hydrogen-bond donors (Lipinski definition) is 3. The van der Waals surface area contributed by atoms with Gasteiger partial charge in [0.05, 0.1) is 5.92 Å². The van der Waals surface area contributed by atoms with E-state index >= 15 is 0 Å². The minimum absolute atomic E-state index is 0.0501. The maximum Gasteiger partial charge on any atom is 0.329 e. The molecule has 4 rings (SSSR count). The average Bonchev–Trinajstić information content (AvgIpc) is 3.24. The van der Waals surface area contributed by atoms with E-state index < -0.39 is 53.9 Å². The molecule has 3 N–H and O–H groups in total. The molecule has 0 bridgehead atoms. The van der Waals surface area contributed by atoms with Crippen LogP contribution in [0.15, 0.2) is 109 Å². The fraction of sp³-hybridized carbons (Fsp3) is 0.333. The molecule has 0 saturated carbocycles. The Morgan fingerprint density at radius 1 is 0.467 bits per heavy atom.